The molecule has 0 radical (unpaired) electrons. The molecule has 0 saturated heterocycles. The lowest BCUT2D eigenvalue weighted by atomic mass is 10.0. The monoisotopic (exact) mass is 377 g/mol. The van der Waals surface area contributed by atoms with E-state index in [4.69, 9.17) is 4.74 Å². The molecule has 1 aromatic heterocycles. The van der Waals surface area contributed by atoms with Crippen LogP contribution in [0.5, 0.6) is 5.75 Å². The number of imidazole rings is 1. The molecule has 3 rings (SSSR count). The zero-order valence-corrected chi connectivity index (χ0v) is 16.8. The summed E-state index contributed by atoms with van der Waals surface area (Å²) in [5.74, 6) is 0.983. The van der Waals surface area contributed by atoms with Crippen molar-refractivity contribution >= 4 is 5.91 Å². The van der Waals surface area contributed by atoms with Crippen molar-refractivity contribution in [3.8, 4) is 11.4 Å². The van der Waals surface area contributed by atoms with E-state index in [1.54, 1.807) is 12.5 Å². The largest absolute Gasteiger partial charge is 0.483 e. The normalized spacial score (nSPS) is 12.0. The van der Waals surface area contributed by atoms with Crippen LogP contribution < -0.4 is 10.1 Å². The summed E-state index contributed by atoms with van der Waals surface area (Å²) in [6.45, 7) is 8.23. The average molecular weight is 377 g/mol. The Bertz CT molecular complexity index is 916. The maximum atomic E-state index is 12.4. The Morgan fingerprint density at radius 3 is 2.54 bits per heavy atom. The lowest BCUT2D eigenvalue weighted by Crippen LogP contribution is -2.31. The lowest BCUT2D eigenvalue weighted by molar-refractivity contribution is -0.123. The first kappa shape index (κ1) is 19.7. The second-order valence-electron chi connectivity index (χ2n) is 7.34. The third-order valence-electron chi connectivity index (χ3n) is 4.72. The molecule has 1 amide bonds. The number of amides is 1. The van der Waals surface area contributed by atoms with E-state index in [0.717, 1.165) is 28.1 Å². The van der Waals surface area contributed by atoms with Gasteiger partial charge in [-0.05, 0) is 54.7 Å². The van der Waals surface area contributed by atoms with Crippen LogP contribution in [0.2, 0.25) is 0 Å². The van der Waals surface area contributed by atoms with Crippen LogP contribution in [0, 0.1) is 6.92 Å². The van der Waals surface area contributed by atoms with E-state index < -0.39 is 0 Å². The molecule has 0 fully saturated rings. The number of hydrogen-bond donors (Lipinski definition) is 1. The molecule has 5 nitrogen and oxygen atoms in total. The quantitative estimate of drug-likeness (QED) is 0.657. The fraction of sp³-hybridized carbons (Fsp3) is 0.304. The summed E-state index contributed by atoms with van der Waals surface area (Å²) >= 11 is 0. The van der Waals surface area contributed by atoms with Gasteiger partial charge in [-0.2, -0.15) is 0 Å². The van der Waals surface area contributed by atoms with Crippen molar-refractivity contribution in [1.29, 1.82) is 0 Å². The van der Waals surface area contributed by atoms with Crippen molar-refractivity contribution in [3.63, 3.8) is 0 Å². The number of carbonyl (C=O) groups excluding carboxylic acids is 1. The standard InChI is InChI=1S/C23H27N3O2/c1-16(2)21-10-5-17(3)13-22(21)28-14-23(27)25-18(4)19-6-8-20(9-7-19)26-12-11-24-15-26/h5-13,15-16,18H,14H2,1-4H3,(H,25,27)/t18-/m1/s1. The highest BCUT2D eigenvalue weighted by molar-refractivity contribution is 5.78. The Balaban J connectivity index is 1.58. The molecule has 1 N–H and O–H groups in total. The number of ether oxygens (including phenoxy) is 1. The maximum Gasteiger partial charge on any atom is 0.258 e. The first-order valence-corrected chi connectivity index (χ1v) is 9.55. The SMILES string of the molecule is Cc1ccc(C(C)C)c(OCC(=O)N[C@H](C)c2ccc(-n3ccnc3)cc2)c1. The van der Waals surface area contributed by atoms with Gasteiger partial charge in [0.1, 0.15) is 5.75 Å². The predicted octanol–water partition coefficient (Wildman–Crippen LogP) is 4.56. The Morgan fingerprint density at radius 1 is 1.14 bits per heavy atom. The smallest absolute Gasteiger partial charge is 0.258 e. The van der Waals surface area contributed by atoms with E-state index in [9.17, 15) is 4.79 Å². The summed E-state index contributed by atoms with van der Waals surface area (Å²) in [6, 6.07) is 14.1. The Hall–Kier alpha value is -3.08. The van der Waals surface area contributed by atoms with Gasteiger partial charge in [-0.25, -0.2) is 4.98 Å². The zero-order chi connectivity index (χ0) is 20.1. The van der Waals surface area contributed by atoms with Crippen molar-refractivity contribution in [2.75, 3.05) is 6.61 Å². The van der Waals surface area contributed by atoms with E-state index in [0.29, 0.717) is 5.92 Å². The highest BCUT2D eigenvalue weighted by Crippen LogP contribution is 2.27. The van der Waals surface area contributed by atoms with Crippen LogP contribution in [-0.2, 0) is 4.79 Å². The van der Waals surface area contributed by atoms with Crippen LogP contribution in [-0.4, -0.2) is 22.1 Å². The van der Waals surface area contributed by atoms with Crippen molar-refractivity contribution in [2.45, 2.75) is 39.7 Å². The number of rotatable bonds is 7. The molecule has 0 aliphatic heterocycles. The maximum absolute atomic E-state index is 12.4. The van der Waals surface area contributed by atoms with Gasteiger partial charge < -0.3 is 14.6 Å². The van der Waals surface area contributed by atoms with E-state index in [-0.39, 0.29) is 18.6 Å². The van der Waals surface area contributed by atoms with Crippen LogP contribution in [0.1, 0.15) is 49.4 Å². The number of nitrogens with zero attached hydrogens (tertiary/aromatic N) is 2. The highest BCUT2D eigenvalue weighted by Gasteiger charge is 2.13. The Morgan fingerprint density at radius 2 is 1.89 bits per heavy atom. The van der Waals surface area contributed by atoms with Crippen molar-refractivity contribution < 1.29 is 9.53 Å². The summed E-state index contributed by atoms with van der Waals surface area (Å²) in [6.07, 6.45) is 5.40. The summed E-state index contributed by atoms with van der Waals surface area (Å²) in [7, 11) is 0. The molecule has 0 unspecified atom stereocenters. The van der Waals surface area contributed by atoms with Crippen LogP contribution in [0.25, 0.3) is 5.69 Å². The van der Waals surface area contributed by atoms with E-state index in [2.05, 4.69) is 36.3 Å². The molecule has 28 heavy (non-hydrogen) atoms. The number of aromatic nitrogens is 2. The number of hydrogen-bond acceptors (Lipinski definition) is 3. The van der Waals surface area contributed by atoms with Gasteiger partial charge in [0.2, 0.25) is 0 Å². The molecular formula is C23H27N3O2. The van der Waals surface area contributed by atoms with Gasteiger partial charge in [0.25, 0.3) is 5.91 Å². The molecular weight excluding hydrogens is 350 g/mol. The molecule has 146 valence electrons. The van der Waals surface area contributed by atoms with Crippen LogP contribution in [0.4, 0.5) is 0 Å². The van der Waals surface area contributed by atoms with Crippen molar-refractivity contribution in [3.05, 3.63) is 77.9 Å². The number of aryl methyl sites for hydroxylation is 1. The molecule has 1 heterocycles. The second-order valence-corrected chi connectivity index (χ2v) is 7.34. The fourth-order valence-electron chi connectivity index (χ4n) is 3.10. The third kappa shape index (κ3) is 4.80. The molecule has 3 aromatic rings. The Kier molecular flexibility index (Phi) is 6.14. The minimum atomic E-state index is -0.137. The third-order valence-corrected chi connectivity index (χ3v) is 4.72. The summed E-state index contributed by atoms with van der Waals surface area (Å²) in [4.78, 5) is 16.4. The van der Waals surface area contributed by atoms with Gasteiger partial charge in [-0.3, -0.25) is 4.79 Å². The molecule has 2 aromatic carbocycles. The molecule has 0 bridgehead atoms. The average Bonchev–Trinajstić information content (AvgIpc) is 3.21. The lowest BCUT2D eigenvalue weighted by Gasteiger charge is -2.17. The van der Waals surface area contributed by atoms with Gasteiger partial charge >= 0.3 is 0 Å². The van der Waals surface area contributed by atoms with Gasteiger partial charge in [0.15, 0.2) is 6.61 Å². The van der Waals surface area contributed by atoms with Gasteiger partial charge in [-0.1, -0.05) is 38.1 Å². The number of nitrogens with one attached hydrogen (secondary N) is 1. The number of benzene rings is 2. The summed E-state index contributed by atoms with van der Waals surface area (Å²) in [5.41, 5.74) is 4.30. The zero-order valence-electron chi connectivity index (χ0n) is 16.8. The van der Waals surface area contributed by atoms with Gasteiger partial charge in [-0.15, -0.1) is 0 Å². The second kappa shape index (κ2) is 8.74. The van der Waals surface area contributed by atoms with E-state index >= 15 is 0 Å². The van der Waals surface area contributed by atoms with Crippen molar-refractivity contribution in [2.24, 2.45) is 0 Å². The molecule has 0 aliphatic rings. The van der Waals surface area contributed by atoms with Crippen LogP contribution in [0.15, 0.2) is 61.2 Å². The minimum Gasteiger partial charge on any atom is -0.483 e. The van der Waals surface area contributed by atoms with Crippen molar-refractivity contribution in [1.82, 2.24) is 14.9 Å². The van der Waals surface area contributed by atoms with E-state index in [1.807, 2.05) is 54.9 Å². The molecule has 0 spiro atoms. The van der Waals surface area contributed by atoms with Crippen LogP contribution in [0.3, 0.4) is 0 Å². The molecule has 5 heteroatoms. The minimum absolute atomic E-state index is 0.000628. The highest BCUT2D eigenvalue weighted by atomic mass is 16.5. The van der Waals surface area contributed by atoms with E-state index in [1.165, 1.54) is 0 Å². The Labute approximate surface area is 166 Å². The molecule has 0 saturated carbocycles. The molecule has 1 atom stereocenters. The topological polar surface area (TPSA) is 56.1 Å². The van der Waals surface area contributed by atoms with Gasteiger partial charge in [0.05, 0.1) is 12.4 Å². The molecule has 0 aliphatic carbocycles. The summed E-state index contributed by atoms with van der Waals surface area (Å²) in [5, 5.41) is 3.00. The first-order valence-electron chi connectivity index (χ1n) is 9.55. The summed E-state index contributed by atoms with van der Waals surface area (Å²) < 4.78 is 7.76. The van der Waals surface area contributed by atoms with Crippen LogP contribution >= 0.6 is 0 Å². The van der Waals surface area contributed by atoms with Gasteiger partial charge in [0, 0.05) is 18.1 Å². The predicted molar refractivity (Wildman–Crippen MR) is 111 cm³/mol. The first-order chi connectivity index (χ1) is 13.4. The fourth-order valence-corrected chi connectivity index (χ4v) is 3.10. The number of carbonyl (C=O) groups is 1.